The molecule has 24 heavy (non-hydrogen) atoms. The van der Waals surface area contributed by atoms with Crippen LogP contribution in [-0.4, -0.2) is 27.6 Å². The van der Waals surface area contributed by atoms with Gasteiger partial charge in [-0.3, -0.25) is 4.79 Å². The van der Waals surface area contributed by atoms with E-state index in [1.165, 1.54) is 12.3 Å². The van der Waals surface area contributed by atoms with Gasteiger partial charge in [-0.15, -0.1) is 0 Å². The van der Waals surface area contributed by atoms with Gasteiger partial charge < -0.3 is 14.8 Å². The Morgan fingerprint density at radius 3 is 2.92 bits per heavy atom. The number of nitrogens with one attached hydrogen (secondary N) is 1. The number of para-hydroxylation sites is 1. The number of H-pyrrole nitrogens is 1. The van der Waals surface area contributed by atoms with Crippen LogP contribution in [0.5, 0.6) is 11.5 Å². The van der Waals surface area contributed by atoms with E-state index in [0.717, 1.165) is 4.68 Å². The molecule has 1 aromatic heterocycles. The molecule has 0 bridgehead atoms. The predicted molar refractivity (Wildman–Crippen MR) is 95.7 cm³/mol. The molecule has 0 atom stereocenters. The van der Waals surface area contributed by atoms with Gasteiger partial charge in [-0.2, -0.15) is 9.78 Å². The number of nitrogens with zero attached hydrogens (tertiary/aromatic N) is 2. The first-order chi connectivity index (χ1) is 11.6. The van der Waals surface area contributed by atoms with Crippen molar-refractivity contribution in [2.75, 3.05) is 6.61 Å². The Labute approximate surface area is 142 Å². The monoisotopic (exact) mass is 341 g/mol. The molecule has 0 unspecified atom stereocenters. The highest BCUT2D eigenvalue weighted by Crippen LogP contribution is 2.26. The number of aromatic amines is 1. The minimum atomic E-state index is -0.297. The molecule has 0 fully saturated rings. The third kappa shape index (κ3) is 3.07. The number of hydrogen-bond acceptors (Lipinski definition) is 5. The minimum Gasteiger partial charge on any atom is -0.504 e. The Hall–Kier alpha value is -2.93. The molecule has 3 rings (SSSR count). The lowest BCUT2D eigenvalue weighted by Gasteiger charge is -2.06. The van der Waals surface area contributed by atoms with E-state index in [-0.39, 0.29) is 16.1 Å². The first-order valence-corrected chi connectivity index (χ1v) is 7.75. The van der Waals surface area contributed by atoms with Gasteiger partial charge in [0.1, 0.15) is 0 Å². The summed E-state index contributed by atoms with van der Waals surface area (Å²) in [6.45, 7) is 2.26. The van der Waals surface area contributed by atoms with E-state index >= 15 is 0 Å². The Morgan fingerprint density at radius 2 is 2.12 bits per heavy atom. The molecule has 0 aliphatic rings. The van der Waals surface area contributed by atoms with Gasteiger partial charge in [-0.1, -0.05) is 12.1 Å². The summed E-state index contributed by atoms with van der Waals surface area (Å²) in [6, 6.07) is 11.9. The van der Waals surface area contributed by atoms with E-state index in [0.29, 0.717) is 28.8 Å². The highest BCUT2D eigenvalue weighted by Gasteiger charge is 2.05. The van der Waals surface area contributed by atoms with Crippen LogP contribution in [0.1, 0.15) is 12.5 Å². The molecule has 0 aliphatic heterocycles. The maximum atomic E-state index is 12.5. The summed E-state index contributed by atoms with van der Waals surface area (Å²) < 4.78 is 6.66. The molecule has 0 amide bonds. The number of aromatic hydroxyl groups is 1. The number of ether oxygens (including phenoxy) is 1. The largest absolute Gasteiger partial charge is 0.504 e. The number of fused-ring (bicyclic) bond motifs is 1. The van der Waals surface area contributed by atoms with Gasteiger partial charge in [-0.05, 0) is 55.0 Å². The molecule has 0 aliphatic carbocycles. The molecule has 7 heteroatoms. The van der Waals surface area contributed by atoms with Gasteiger partial charge in [0.25, 0.3) is 5.56 Å². The van der Waals surface area contributed by atoms with Crippen molar-refractivity contribution < 1.29 is 9.84 Å². The number of benzene rings is 2. The highest BCUT2D eigenvalue weighted by molar-refractivity contribution is 7.71. The van der Waals surface area contributed by atoms with Crippen LogP contribution in [0.25, 0.3) is 10.9 Å². The van der Waals surface area contributed by atoms with Crippen LogP contribution in [0.3, 0.4) is 0 Å². The average molecular weight is 341 g/mol. The lowest BCUT2D eigenvalue weighted by atomic mass is 10.2. The topological polar surface area (TPSA) is 79.6 Å². The predicted octanol–water partition coefficient (Wildman–Crippen LogP) is 3.05. The van der Waals surface area contributed by atoms with Crippen LogP contribution < -0.4 is 10.3 Å². The van der Waals surface area contributed by atoms with Crippen molar-refractivity contribution in [1.82, 2.24) is 9.66 Å². The Balaban J connectivity index is 2.04. The number of rotatable bonds is 4. The number of phenolic OH excluding ortho intramolecular Hbond substituents is 1. The van der Waals surface area contributed by atoms with Crippen molar-refractivity contribution in [3.63, 3.8) is 0 Å². The zero-order chi connectivity index (χ0) is 17.1. The van der Waals surface area contributed by atoms with Crippen molar-refractivity contribution in [1.29, 1.82) is 0 Å². The van der Waals surface area contributed by atoms with E-state index in [9.17, 15) is 9.90 Å². The lowest BCUT2D eigenvalue weighted by Crippen LogP contribution is -2.18. The maximum absolute atomic E-state index is 12.5. The quantitative estimate of drug-likeness (QED) is 0.565. The summed E-state index contributed by atoms with van der Waals surface area (Å²) in [7, 11) is 0. The Morgan fingerprint density at radius 1 is 1.33 bits per heavy atom. The second-order valence-electron chi connectivity index (χ2n) is 5.00. The first kappa shape index (κ1) is 15.9. The van der Waals surface area contributed by atoms with Crippen LogP contribution in [0.2, 0.25) is 0 Å². The van der Waals surface area contributed by atoms with Crippen LogP contribution >= 0.6 is 12.2 Å². The standard InChI is InChI=1S/C17H15N3O3S/c1-2-23-15-9-11(7-8-14(15)21)10-18-20-16(22)12-5-3-4-6-13(12)19-17(20)24/h3-10,21H,2H2,1H3,(H,19,24)/b18-10+. The highest BCUT2D eigenvalue weighted by atomic mass is 32.1. The SMILES string of the molecule is CCOc1cc(/C=N/n2c(=S)[nH]c3ccccc3c2=O)ccc1O. The Kier molecular flexibility index (Phi) is 4.43. The fraction of sp³-hybridized carbons (Fsp3) is 0.118. The summed E-state index contributed by atoms with van der Waals surface area (Å²) in [5.41, 5.74) is 1.04. The molecular formula is C17H15N3O3S. The van der Waals surface area contributed by atoms with Crippen molar-refractivity contribution in [2.45, 2.75) is 6.92 Å². The van der Waals surface area contributed by atoms with Gasteiger partial charge in [0.2, 0.25) is 4.77 Å². The van der Waals surface area contributed by atoms with E-state index < -0.39 is 0 Å². The van der Waals surface area contributed by atoms with E-state index in [2.05, 4.69) is 10.1 Å². The smallest absolute Gasteiger partial charge is 0.282 e. The molecule has 6 nitrogen and oxygen atoms in total. The number of aromatic nitrogens is 2. The molecule has 3 aromatic rings. The molecule has 0 radical (unpaired) electrons. The van der Waals surface area contributed by atoms with E-state index in [1.807, 2.05) is 13.0 Å². The molecule has 0 saturated heterocycles. The van der Waals surface area contributed by atoms with Crippen molar-refractivity contribution in [2.24, 2.45) is 5.10 Å². The maximum Gasteiger partial charge on any atom is 0.282 e. The summed E-state index contributed by atoms with van der Waals surface area (Å²) in [5.74, 6) is 0.409. The second-order valence-corrected chi connectivity index (χ2v) is 5.38. The number of hydrogen-bond donors (Lipinski definition) is 2. The molecule has 1 heterocycles. The lowest BCUT2D eigenvalue weighted by molar-refractivity contribution is 0.318. The van der Waals surface area contributed by atoms with E-state index in [1.54, 1.807) is 30.3 Å². The summed E-state index contributed by atoms with van der Waals surface area (Å²) in [5, 5.41) is 14.4. The molecule has 0 spiro atoms. The van der Waals surface area contributed by atoms with Crippen molar-refractivity contribution in [3.05, 3.63) is 63.2 Å². The van der Waals surface area contributed by atoms with Crippen LogP contribution in [0.4, 0.5) is 0 Å². The average Bonchev–Trinajstić information content (AvgIpc) is 2.57. The second kappa shape index (κ2) is 6.67. The molecular weight excluding hydrogens is 326 g/mol. The Bertz CT molecular complexity index is 1040. The molecule has 2 N–H and O–H groups in total. The third-order valence-electron chi connectivity index (χ3n) is 3.39. The summed E-state index contributed by atoms with van der Waals surface area (Å²) in [6.07, 6.45) is 1.49. The number of phenols is 1. The van der Waals surface area contributed by atoms with Gasteiger partial charge in [0.05, 0.1) is 23.7 Å². The molecule has 2 aromatic carbocycles. The zero-order valence-corrected chi connectivity index (χ0v) is 13.7. The first-order valence-electron chi connectivity index (χ1n) is 7.34. The minimum absolute atomic E-state index is 0.0502. The van der Waals surface area contributed by atoms with Gasteiger partial charge >= 0.3 is 0 Å². The van der Waals surface area contributed by atoms with Crippen molar-refractivity contribution >= 4 is 29.3 Å². The summed E-state index contributed by atoms with van der Waals surface area (Å²) >= 11 is 5.20. The molecule has 122 valence electrons. The normalized spacial score (nSPS) is 11.2. The van der Waals surface area contributed by atoms with E-state index in [4.69, 9.17) is 17.0 Å². The molecule has 0 saturated carbocycles. The zero-order valence-electron chi connectivity index (χ0n) is 12.9. The third-order valence-corrected chi connectivity index (χ3v) is 3.66. The van der Waals surface area contributed by atoms with Crippen LogP contribution in [0.15, 0.2) is 52.4 Å². The fourth-order valence-corrected chi connectivity index (χ4v) is 2.50. The van der Waals surface area contributed by atoms with Crippen LogP contribution in [-0.2, 0) is 0 Å². The fourth-order valence-electron chi connectivity index (χ4n) is 2.26. The van der Waals surface area contributed by atoms with Gasteiger partial charge in [-0.25, -0.2) is 0 Å². The van der Waals surface area contributed by atoms with Crippen LogP contribution in [0, 0.1) is 4.77 Å². The summed E-state index contributed by atoms with van der Waals surface area (Å²) in [4.78, 5) is 15.5. The van der Waals surface area contributed by atoms with Gasteiger partial charge in [0, 0.05) is 0 Å². The van der Waals surface area contributed by atoms with Crippen molar-refractivity contribution in [3.8, 4) is 11.5 Å². The van der Waals surface area contributed by atoms with Gasteiger partial charge in [0.15, 0.2) is 11.5 Å².